The SMILES string of the molecule is CC1(C#N)CCN(C(=O)NCCC2=CCCCCC2)CC1. The van der Waals surface area contributed by atoms with Gasteiger partial charge in [-0.05, 0) is 51.9 Å². The Bertz CT molecular complexity index is 428. The molecule has 0 saturated carbocycles. The van der Waals surface area contributed by atoms with Crippen molar-refractivity contribution in [1.82, 2.24) is 10.2 Å². The fourth-order valence-corrected chi connectivity index (χ4v) is 3.07. The number of allylic oxidation sites excluding steroid dienone is 1. The van der Waals surface area contributed by atoms with Gasteiger partial charge in [-0.3, -0.25) is 0 Å². The number of nitrogens with zero attached hydrogens (tertiary/aromatic N) is 2. The maximum Gasteiger partial charge on any atom is 0.317 e. The predicted molar refractivity (Wildman–Crippen MR) is 83.7 cm³/mol. The van der Waals surface area contributed by atoms with Crippen molar-refractivity contribution in [3.8, 4) is 6.07 Å². The zero-order valence-corrected chi connectivity index (χ0v) is 13.2. The van der Waals surface area contributed by atoms with Gasteiger partial charge >= 0.3 is 6.03 Å². The lowest BCUT2D eigenvalue weighted by Gasteiger charge is -2.34. The fraction of sp³-hybridized carbons (Fsp3) is 0.765. The van der Waals surface area contributed by atoms with Crippen molar-refractivity contribution in [2.24, 2.45) is 5.41 Å². The molecule has 0 atom stereocenters. The average Bonchev–Trinajstić information content (AvgIpc) is 2.77. The number of hydrogen-bond acceptors (Lipinski definition) is 2. The summed E-state index contributed by atoms with van der Waals surface area (Å²) in [5, 5.41) is 12.1. The predicted octanol–water partition coefficient (Wildman–Crippen LogP) is 3.60. The van der Waals surface area contributed by atoms with Crippen molar-refractivity contribution in [3.63, 3.8) is 0 Å². The van der Waals surface area contributed by atoms with Crippen molar-refractivity contribution in [1.29, 1.82) is 5.26 Å². The number of urea groups is 1. The molecule has 1 aliphatic heterocycles. The van der Waals surface area contributed by atoms with E-state index in [1.165, 1.54) is 37.7 Å². The fourth-order valence-electron chi connectivity index (χ4n) is 3.07. The maximum atomic E-state index is 12.1. The lowest BCUT2D eigenvalue weighted by Crippen LogP contribution is -2.46. The molecule has 1 saturated heterocycles. The zero-order valence-electron chi connectivity index (χ0n) is 13.2. The van der Waals surface area contributed by atoms with Crippen LogP contribution in [0.5, 0.6) is 0 Å². The Morgan fingerprint density at radius 3 is 2.86 bits per heavy atom. The molecule has 0 radical (unpaired) electrons. The minimum atomic E-state index is -0.248. The van der Waals surface area contributed by atoms with Crippen LogP contribution in [0.25, 0.3) is 0 Å². The summed E-state index contributed by atoms with van der Waals surface area (Å²) in [6.45, 7) is 4.11. The summed E-state index contributed by atoms with van der Waals surface area (Å²) < 4.78 is 0. The molecule has 0 spiro atoms. The summed E-state index contributed by atoms with van der Waals surface area (Å²) in [4.78, 5) is 14.0. The smallest absolute Gasteiger partial charge is 0.317 e. The Kier molecular flexibility index (Phi) is 5.67. The number of nitrogens with one attached hydrogen (secondary N) is 1. The third-order valence-corrected chi connectivity index (χ3v) is 4.78. The van der Waals surface area contributed by atoms with Gasteiger partial charge < -0.3 is 10.2 Å². The van der Waals surface area contributed by atoms with Gasteiger partial charge in [-0.2, -0.15) is 5.26 Å². The molecule has 0 aromatic rings. The molecular formula is C17H27N3O. The molecule has 1 aliphatic carbocycles. The van der Waals surface area contributed by atoms with E-state index in [2.05, 4.69) is 17.5 Å². The lowest BCUT2D eigenvalue weighted by molar-refractivity contribution is 0.156. The number of carbonyl (C=O) groups is 1. The molecular weight excluding hydrogens is 262 g/mol. The van der Waals surface area contributed by atoms with Gasteiger partial charge in [0.1, 0.15) is 0 Å². The molecule has 4 nitrogen and oxygen atoms in total. The molecule has 21 heavy (non-hydrogen) atoms. The van der Waals surface area contributed by atoms with Crippen LogP contribution >= 0.6 is 0 Å². The summed E-state index contributed by atoms with van der Waals surface area (Å²) in [7, 11) is 0. The number of hydrogen-bond donors (Lipinski definition) is 1. The molecule has 0 aromatic heterocycles. The Balaban J connectivity index is 1.68. The molecule has 0 unspecified atom stereocenters. The van der Waals surface area contributed by atoms with Gasteiger partial charge in [-0.1, -0.05) is 18.1 Å². The number of nitriles is 1. The average molecular weight is 289 g/mol. The van der Waals surface area contributed by atoms with Crippen LogP contribution in [0.1, 0.15) is 58.3 Å². The Morgan fingerprint density at radius 1 is 1.38 bits per heavy atom. The first-order valence-electron chi connectivity index (χ1n) is 8.25. The molecule has 116 valence electrons. The second kappa shape index (κ2) is 7.49. The lowest BCUT2D eigenvalue weighted by atomic mass is 9.82. The second-order valence-corrected chi connectivity index (χ2v) is 6.60. The highest BCUT2D eigenvalue weighted by Crippen LogP contribution is 2.29. The molecule has 2 amide bonds. The van der Waals surface area contributed by atoms with E-state index >= 15 is 0 Å². The van der Waals surface area contributed by atoms with Crippen LogP contribution in [0, 0.1) is 16.7 Å². The first kappa shape index (κ1) is 15.9. The first-order valence-corrected chi connectivity index (χ1v) is 8.25. The first-order chi connectivity index (χ1) is 10.1. The van der Waals surface area contributed by atoms with E-state index in [0.29, 0.717) is 13.1 Å². The van der Waals surface area contributed by atoms with E-state index in [9.17, 15) is 4.79 Å². The third kappa shape index (κ3) is 4.77. The van der Waals surface area contributed by atoms with E-state index in [0.717, 1.165) is 25.8 Å². The molecule has 2 rings (SSSR count). The van der Waals surface area contributed by atoms with E-state index in [-0.39, 0.29) is 11.4 Å². The third-order valence-electron chi connectivity index (χ3n) is 4.78. The van der Waals surface area contributed by atoms with Crippen LogP contribution in [-0.4, -0.2) is 30.6 Å². The van der Waals surface area contributed by atoms with Crippen molar-refractivity contribution in [2.75, 3.05) is 19.6 Å². The van der Waals surface area contributed by atoms with Crippen LogP contribution < -0.4 is 5.32 Å². The van der Waals surface area contributed by atoms with E-state index < -0.39 is 0 Å². The minimum Gasteiger partial charge on any atom is -0.338 e. The molecule has 1 heterocycles. The normalized spacial score (nSPS) is 21.9. The second-order valence-electron chi connectivity index (χ2n) is 6.60. The minimum absolute atomic E-state index is 0.0317. The Labute approximate surface area is 128 Å². The van der Waals surface area contributed by atoms with Crippen molar-refractivity contribution < 1.29 is 4.79 Å². The molecule has 2 aliphatic rings. The summed E-state index contributed by atoms with van der Waals surface area (Å²) >= 11 is 0. The van der Waals surface area contributed by atoms with Crippen LogP contribution in [0.2, 0.25) is 0 Å². The number of rotatable bonds is 3. The molecule has 0 aromatic carbocycles. The van der Waals surface area contributed by atoms with Crippen molar-refractivity contribution >= 4 is 6.03 Å². The van der Waals surface area contributed by atoms with Crippen molar-refractivity contribution in [2.45, 2.75) is 58.3 Å². The van der Waals surface area contributed by atoms with Crippen LogP contribution in [0.4, 0.5) is 4.79 Å². The van der Waals surface area contributed by atoms with Crippen LogP contribution in [0.15, 0.2) is 11.6 Å². The quantitative estimate of drug-likeness (QED) is 0.807. The van der Waals surface area contributed by atoms with Gasteiger partial charge in [-0.15, -0.1) is 0 Å². The van der Waals surface area contributed by atoms with E-state index in [1.807, 2.05) is 11.8 Å². The Hall–Kier alpha value is -1.50. The highest BCUT2D eigenvalue weighted by Gasteiger charge is 2.31. The number of piperidine rings is 1. The molecule has 0 bridgehead atoms. The van der Waals surface area contributed by atoms with Crippen LogP contribution in [-0.2, 0) is 0 Å². The molecule has 1 N–H and O–H groups in total. The monoisotopic (exact) mass is 289 g/mol. The van der Waals surface area contributed by atoms with Gasteiger partial charge in [0, 0.05) is 19.6 Å². The highest BCUT2D eigenvalue weighted by molar-refractivity contribution is 5.74. The Morgan fingerprint density at radius 2 is 2.14 bits per heavy atom. The maximum absolute atomic E-state index is 12.1. The zero-order chi connectivity index (χ0) is 15.1. The number of amides is 2. The van der Waals surface area contributed by atoms with E-state index in [1.54, 1.807) is 0 Å². The summed E-state index contributed by atoms with van der Waals surface area (Å²) in [6.07, 6.45) is 11.2. The molecule has 4 heteroatoms. The number of likely N-dealkylation sites (tertiary alicyclic amines) is 1. The largest absolute Gasteiger partial charge is 0.338 e. The van der Waals surface area contributed by atoms with E-state index in [4.69, 9.17) is 5.26 Å². The van der Waals surface area contributed by atoms with Gasteiger partial charge in [0.2, 0.25) is 0 Å². The van der Waals surface area contributed by atoms with Gasteiger partial charge in [0.25, 0.3) is 0 Å². The molecule has 1 fully saturated rings. The van der Waals surface area contributed by atoms with Gasteiger partial charge in [0.15, 0.2) is 0 Å². The summed E-state index contributed by atoms with van der Waals surface area (Å²) in [5.41, 5.74) is 1.26. The van der Waals surface area contributed by atoms with Crippen molar-refractivity contribution in [3.05, 3.63) is 11.6 Å². The summed E-state index contributed by atoms with van der Waals surface area (Å²) in [6, 6.07) is 2.40. The number of carbonyl (C=O) groups excluding carboxylic acids is 1. The highest BCUT2D eigenvalue weighted by atomic mass is 16.2. The standard InChI is InChI=1S/C17H27N3O/c1-17(14-18)9-12-20(13-10-17)16(21)19-11-8-15-6-4-2-3-5-7-15/h6H,2-5,7-13H2,1H3,(H,19,21). The van der Waals surface area contributed by atoms with Gasteiger partial charge in [-0.25, -0.2) is 4.79 Å². The topological polar surface area (TPSA) is 56.1 Å². The van der Waals surface area contributed by atoms with Crippen LogP contribution in [0.3, 0.4) is 0 Å². The van der Waals surface area contributed by atoms with Gasteiger partial charge in [0.05, 0.1) is 11.5 Å². The summed E-state index contributed by atoms with van der Waals surface area (Å²) in [5.74, 6) is 0.